The summed E-state index contributed by atoms with van der Waals surface area (Å²) in [4.78, 5) is 0. The molecule has 0 aliphatic carbocycles. The second-order valence-corrected chi connectivity index (χ2v) is 4.89. The van der Waals surface area contributed by atoms with E-state index in [1.807, 2.05) is 12.1 Å². The molecule has 0 radical (unpaired) electrons. The molecule has 1 aromatic heterocycles. The van der Waals surface area contributed by atoms with Crippen LogP contribution in [0.4, 0.5) is 0 Å². The molecular formula is C18H18NO+. The van der Waals surface area contributed by atoms with Gasteiger partial charge >= 0.3 is 0 Å². The Morgan fingerprint density at radius 2 is 1.95 bits per heavy atom. The summed E-state index contributed by atoms with van der Waals surface area (Å²) < 4.78 is 7.48. The maximum atomic E-state index is 5.20. The highest BCUT2D eigenvalue weighted by Gasteiger charge is 2.21. The standard InChI is InChI=1S/C18H18NO/c1-14(15-8-10-16(20-2)11-9-15)17-6-5-13-19-12-4-3-7-18(17)19/h3-4,6-12H,1,5,13H2,2H3/q+1. The van der Waals surface area contributed by atoms with Gasteiger partial charge in [-0.15, -0.1) is 0 Å². The third-order valence-corrected chi connectivity index (χ3v) is 3.70. The van der Waals surface area contributed by atoms with Crippen LogP contribution < -0.4 is 9.30 Å². The quantitative estimate of drug-likeness (QED) is 0.774. The Hall–Kier alpha value is -2.35. The molecule has 0 amide bonds. The normalized spacial score (nSPS) is 13.3. The molecule has 0 atom stereocenters. The van der Waals surface area contributed by atoms with Crippen LogP contribution in [0, 0.1) is 0 Å². The number of hydrogen-bond donors (Lipinski definition) is 0. The van der Waals surface area contributed by atoms with Crippen molar-refractivity contribution in [3.8, 4) is 5.75 Å². The van der Waals surface area contributed by atoms with Gasteiger partial charge in [0.05, 0.1) is 7.11 Å². The zero-order chi connectivity index (χ0) is 13.9. The molecule has 20 heavy (non-hydrogen) atoms. The van der Waals surface area contributed by atoms with E-state index >= 15 is 0 Å². The molecule has 0 spiro atoms. The summed E-state index contributed by atoms with van der Waals surface area (Å²) in [5, 5.41) is 0. The molecule has 2 nitrogen and oxygen atoms in total. The maximum Gasteiger partial charge on any atom is 0.212 e. The van der Waals surface area contributed by atoms with Crippen LogP contribution in [-0.2, 0) is 6.54 Å². The monoisotopic (exact) mass is 264 g/mol. The number of rotatable bonds is 3. The van der Waals surface area contributed by atoms with Crippen LogP contribution in [0.15, 0.2) is 61.3 Å². The Morgan fingerprint density at radius 1 is 1.15 bits per heavy atom. The summed E-state index contributed by atoms with van der Waals surface area (Å²) in [7, 11) is 1.68. The van der Waals surface area contributed by atoms with Gasteiger partial charge in [-0.1, -0.05) is 24.8 Å². The molecule has 0 N–H and O–H groups in total. The molecule has 1 aliphatic rings. The first-order valence-corrected chi connectivity index (χ1v) is 6.82. The van der Waals surface area contributed by atoms with Crippen LogP contribution in [0.2, 0.25) is 0 Å². The molecule has 2 heterocycles. The molecule has 0 fully saturated rings. The minimum Gasteiger partial charge on any atom is -0.497 e. The molecule has 3 rings (SSSR count). The van der Waals surface area contributed by atoms with E-state index in [2.05, 4.69) is 53.8 Å². The Kier molecular flexibility index (Phi) is 3.38. The number of ether oxygens (including phenoxy) is 1. The van der Waals surface area contributed by atoms with Gasteiger partial charge in [0, 0.05) is 24.1 Å². The first kappa shape index (κ1) is 12.7. The summed E-state index contributed by atoms with van der Waals surface area (Å²) in [5.41, 5.74) is 4.66. The van der Waals surface area contributed by atoms with Gasteiger partial charge in [-0.25, -0.2) is 0 Å². The van der Waals surface area contributed by atoms with E-state index in [9.17, 15) is 0 Å². The topological polar surface area (TPSA) is 13.1 Å². The Bertz CT molecular complexity index is 668. The fraction of sp³-hybridized carbons (Fsp3) is 0.167. The summed E-state index contributed by atoms with van der Waals surface area (Å²) in [6.07, 6.45) is 5.46. The lowest BCUT2D eigenvalue weighted by atomic mass is 9.94. The fourth-order valence-corrected chi connectivity index (χ4v) is 2.59. The van der Waals surface area contributed by atoms with Gasteiger partial charge in [0.1, 0.15) is 5.75 Å². The number of nitrogens with zero attached hydrogens (tertiary/aromatic N) is 1. The smallest absolute Gasteiger partial charge is 0.212 e. The van der Waals surface area contributed by atoms with E-state index in [0.29, 0.717) is 0 Å². The molecule has 1 aromatic carbocycles. The predicted molar refractivity (Wildman–Crippen MR) is 81.3 cm³/mol. The van der Waals surface area contributed by atoms with Crippen LogP contribution in [0.1, 0.15) is 17.7 Å². The number of benzene rings is 1. The number of allylic oxidation sites excluding steroid dienone is 3. The van der Waals surface area contributed by atoms with E-state index in [4.69, 9.17) is 4.74 Å². The number of fused-ring (bicyclic) bond motifs is 1. The molecule has 0 bridgehead atoms. The summed E-state index contributed by atoms with van der Waals surface area (Å²) in [6.45, 7) is 5.32. The highest BCUT2D eigenvalue weighted by Crippen LogP contribution is 2.30. The Morgan fingerprint density at radius 3 is 2.70 bits per heavy atom. The SMILES string of the molecule is C=C(C1=CCC[n+]2ccccc21)c1ccc(OC)cc1. The van der Waals surface area contributed by atoms with Crippen LogP contribution in [0.25, 0.3) is 11.1 Å². The Labute approximate surface area is 119 Å². The minimum atomic E-state index is 0.869. The van der Waals surface area contributed by atoms with Crippen molar-refractivity contribution in [2.45, 2.75) is 13.0 Å². The van der Waals surface area contributed by atoms with Gasteiger partial charge in [-0.05, 0) is 29.3 Å². The zero-order valence-corrected chi connectivity index (χ0v) is 11.7. The lowest BCUT2D eigenvalue weighted by molar-refractivity contribution is -0.699. The van der Waals surface area contributed by atoms with Crippen molar-refractivity contribution >= 4 is 11.1 Å². The van der Waals surface area contributed by atoms with Gasteiger partial charge in [-0.2, -0.15) is 4.57 Å². The lowest BCUT2D eigenvalue weighted by Crippen LogP contribution is -2.39. The number of pyridine rings is 1. The van der Waals surface area contributed by atoms with E-state index in [1.165, 1.54) is 11.3 Å². The highest BCUT2D eigenvalue weighted by molar-refractivity contribution is 6.02. The number of hydrogen-bond acceptors (Lipinski definition) is 1. The van der Waals surface area contributed by atoms with Gasteiger partial charge in [0.15, 0.2) is 12.7 Å². The molecule has 0 unspecified atom stereocenters. The van der Waals surface area contributed by atoms with E-state index < -0.39 is 0 Å². The molecule has 100 valence electrons. The highest BCUT2D eigenvalue weighted by atomic mass is 16.5. The summed E-state index contributed by atoms with van der Waals surface area (Å²) in [6, 6.07) is 14.4. The van der Waals surface area contributed by atoms with Crippen molar-refractivity contribution in [2.75, 3.05) is 7.11 Å². The average molecular weight is 264 g/mol. The van der Waals surface area contributed by atoms with Gasteiger partial charge in [-0.3, -0.25) is 0 Å². The maximum absolute atomic E-state index is 5.20. The van der Waals surface area contributed by atoms with Crippen LogP contribution in [-0.4, -0.2) is 7.11 Å². The molecular weight excluding hydrogens is 246 g/mol. The summed E-state index contributed by atoms with van der Waals surface area (Å²) >= 11 is 0. The third-order valence-electron chi connectivity index (χ3n) is 3.70. The molecule has 2 aromatic rings. The third kappa shape index (κ3) is 2.25. The van der Waals surface area contributed by atoms with Crippen molar-refractivity contribution in [3.63, 3.8) is 0 Å². The molecule has 0 saturated carbocycles. The molecule has 1 aliphatic heterocycles. The van der Waals surface area contributed by atoms with Crippen molar-refractivity contribution in [3.05, 3.63) is 72.6 Å². The van der Waals surface area contributed by atoms with Crippen LogP contribution in [0.5, 0.6) is 5.75 Å². The van der Waals surface area contributed by atoms with Gasteiger partial charge < -0.3 is 4.74 Å². The van der Waals surface area contributed by atoms with Crippen LogP contribution in [0.3, 0.4) is 0 Å². The Balaban J connectivity index is 1.96. The first-order chi connectivity index (χ1) is 9.79. The second kappa shape index (κ2) is 5.33. The zero-order valence-electron chi connectivity index (χ0n) is 11.7. The number of aromatic nitrogens is 1. The predicted octanol–water partition coefficient (Wildman–Crippen LogP) is 3.48. The van der Waals surface area contributed by atoms with E-state index in [-0.39, 0.29) is 0 Å². The van der Waals surface area contributed by atoms with E-state index in [0.717, 1.165) is 29.9 Å². The average Bonchev–Trinajstić information content (AvgIpc) is 2.54. The molecule has 0 saturated heterocycles. The fourth-order valence-electron chi connectivity index (χ4n) is 2.59. The number of methoxy groups -OCH3 is 1. The van der Waals surface area contributed by atoms with Crippen molar-refractivity contribution in [1.82, 2.24) is 0 Å². The van der Waals surface area contributed by atoms with Crippen LogP contribution >= 0.6 is 0 Å². The molecule has 2 heteroatoms. The van der Waals surface area contributed by atoms with Gasteiger partial charge in [0.2, 0.25) is 5.69 Å². The van der Waals surface area contributed by atoms with Crippen molar-refractivity contribution in [1.29, 1.82) is 0 Å². The second-order valence-electron chi connectivity index (χ2n) is 4.89. The number of aryl methyl sites for hydroxylation is 1. The lowest BCUT2D eigenvalue weighted by Gasteiger charge is -2.14. The minimum absolute atomic E-state index is 0.869. The summed E-state index contributed by atoms with van der Waals surface area (Å²) in [5.74, 6) is 0.869. The first-order valence-electron chi connectivity index (χ1n) is 6.82. The van der Waals surface area contributed by atoms with Crippen molar-refractivity contribution < 1.29 is 9.30 Å². The van der Waals surface area contributed by atoms with E-state index in [1.54, 1.807) is 7.11 Å². The van der Waals surface area contributed by atoms with Crippen molar-refractivity contribution in [2.24, 2.45) is 0 Å². The largest absolute Gasteiger partial charge is 0.497 e. The van der Waals surface area contributed by atoms with Gasteiger partial charge in [0.25, 0.3) is 0 Å².